The van der Waals surface area contributed by atoms with Gasteiger partial charge in [-0.2, -0.15) is 0 Å². The molecule has 5 rings (SSSR count). The Labute approximate surface area is 135 Å². The predicted octanol–water partition coefficient (Wildman–Crippen LogP) is 3.99. The predicted molar refractivity (Wildman–Crippen MR) is 91.4 cm³/mol. The van der Waals surface area contributed by atoms with Gasteiger partial charge in [0.2, 0.25) is 0 Å². The van der Waals surface area contributed by atoms with Crippen LogP contribution in [0.5, 0.6) is 0 Å². The van der Waals surface area contributed by atoms with E-state index in [1.54, 1.807) is 0 Å². The second-order valence-corrected chi connectivity index (χ2v) is 6.75. The van der Waals surface area contributed by atoms with Gasteiger partial charge in [-0.25, -0.2) is 0 Å². The number of aliphatic hydroxyl groups is 2. The van der Waals surface area contributed by atoms with Gasteiger partial charge in [0.15, 0.2) is 0 Å². The molecule has 3 aromatic carbocycles. The lowest BCUT2D eigenvalue weighted by molar-refractivity contribution is 0.0154. The molecule has 0 spiro atoms. The van der Waals surface area contributed by atoms with Crippen LogP contribution in [0.1, 0.15) is 40.0 Å². The molecule has 0 radical (unpaired) electrons. The fourth-order valence-electron chi connectivity index (χ4n) is 4.50. The summed E-state index contributed by atoms with van der Waals surface area (Å²) in [6.07, 6.45) is 0.289. The third-order valence-corrected chi connectivity index (χ3v) is 5.59. The van der Waals surface area contributed by atoms with Gasteiger partial charge in [0.05, 0.1) is 0 Å². The minimum Gasteiger partial charge on any atom is -0.385 e. The number of aliphatic hydroxyl groups excluding tert-OH is 2. The number of aryl methyl sites for hydroxylation is 3. The highest BCUT2D eigenvalue weighted by atomic mass is 16.3. The third-order valence-electron chi connectivity index (χ3n) is 5.59. The summed E-state index contributed by atoms with van der Waals surface area (Å²) < 4.78 is 0. The number of hydrogen-bond donors (Lipinski definition) is 2. The Morgan fingerprint density at radius 1 is 0.870 bits per heavy atom. The molecule has 0 heterocycles. The van der Waals surface area contributed by atoms with Gasteiger partial charge in [0.1, 0.15) is 12.2 Å². The highest BCUT2D eigenvalue weighted by Gasteiger charge is 2.35. The Balaban J connectivity index is 1.95. The van der Waals surface area contributed by atoms with Crippen LogP contribution < -0.4 is 0 Å². The number of rotatable bonds is 0. The van der Waals surface area contributed by atoms with Crippen molar-refractivity contribution in [2.45, 2.75) is 32.0 Å². The van der Waals surface area contributed by atoms with Gasteiger partial charge >= 0.3 is 0 Å². The molecule has 2 N–H and O–H groups in total. The molecular formula is C21H18O2. The van der Waals surface area contributed by atoms with Crippen molar-refractivity contribution in [1.82, 2.24) is 0 Å². The summed E-state index contributed by atoms with van der Waals surface area (Å²) in [4.78, 5) is 0. The molecule has 2 aliphatic carbocycles. The topological polar surface area (TPSA) is 40.5 Å². The van der Waals surface area contributed by atoms with Crippen LogP contribution in [0.2, 0.25) is 0 Å². The van der Waals surface area contributed by atoms with Crippen LogP contribution >= 0.6 is 0 Å². The molecule has 114 valence electrons. The molecule has 23 heavy (non-hydrogen) atoms. The smallest absolute Gasteiger partial charge is 0.110 e. The summed E-state index contributed by atoms with van der Waals surface area (Å²) in [6.45, 7) is 2.16. The summed E-state index contributed by atoms with van der Waals surface area (Å²) in [6, 6.07) is 14.4. The molecular weight excluding hydrogens is 284 g/mol. The van der Waals surface area contributed by atoms with Crippen LogP contribution in [0, 0.1) is 6.92 Å². The first-order valence-corrected chi connectivity index (χ1v) is 8.20. The zero-order chi connectivity index (χ0) is 15.7. The van der Waals surface area contributed by atoms with Crippen molar-refractivity contribution in [2.24, 2.45) is 0 Å². The van der Waals surface area contributed by atoms with Crippen LogP contribution in [-0.4, -0.2) is 10.2 Å². The molecule has 3 aromatic rings. The van der Waals surface area contributed by atoms with Gasteiger partial charge in [-0.3, -0.25) is 0 Å². The maximum atomic E-state index is 10.8. The Kier molecular flexibility index (Phi) is 2.56. The molecule has 0 aromatic heterocycles. The molecule has 0 bridgehead atoms. The highest BCUT2D eigenvalue weighted by molar-refractivity contribution is 5.98. The lowest BCUT2D eigenvalue weighted by Gasteiger charge is -2.31. The van der Waals surface area contributed by atoms with Crippen molar-refractivity contribution in [3.05, 3.63) is 70.3 Å². The van der Waals surface area contributed by atoms with Crippen LogP contribution in [0.15, 0.2) is 42.5 Å². The van der Waals surface area contributed by atoms with Crippen LogP contribution in [-0.2, 0) is 12.8 Å². The van der Waals surface area contributed by atoms with E-state index in [1.165, 1.54) is 27.5 Å². The first-order valence-electron chi connectivity index (χ1n) is 8.20. The van der Waals surface area contributed by atoms with Gasteiger partial charge in [-0.15, -0.1) is 0 Å². The van der Waals surface area contributed by atoms with E-state index in [2.05, 4.69) is 25.1 Å². The molecule has 0 fully saturated rings. The molecule has 0 amide bonds. The van der Waals surface area contributed by atoms with Crippen molar-refractivity contribution in [2.75, 3.05) is 0 Å². The molecule has 0 aliphatic heterocycles. The number of hydrogen-bond acceptors (Lipinski definition) is 2. The Morgan fingerprint density at radius 3 is 2.52 bits per heavy atom. The summed E-state index contributed by atoms with van der Waals surface area (Å²) >= 11 is 0. The highest BCUT2D eigenvalue weighted by Crippen LogP contribution is 2.50. The molecule has 2 heteroatoms. The molecule has 2 atom stereocenters. The van der Waals surface area contributed by atoms with Crippen molar-refractivity contribution < 1.29 is 10.2 Å². The average molecular weight is 302 g/mol. The van der Waals surface area contributed by atoms with E-state index in [9.17, 15) is 10.2 Å². The lowest BCUT2D eigenvalue weighted by atomic mass is 9.78. The number of fused-ring (bicyclic) bond motifs is 4. The first kappa shape index (κ1) is 13.3. The SMILES string of the molecule is Cc1ccc2cc3c(c4c2c1CC4)[C@@H](O)[C@H](O)c1ccccc1-3. The van der Waals surface area contributed by atoms with Crippen LogP contribution in [0.25, 0.3) is 21.9 Å². The fourth-order valence-corrected chi connectivity index (χ4v) is 4.50. The van der Waals surface area contributed by atoms with Gasteiger partial charge in [-0.1, -0.05) is 36.4 Å². The van der Waals surface area contributed by atoms with Gasteiger partial charge in [-0.05, 0) is 75.5 Å². The normalized spacial score (nSPS) is 21.3. The third kappa shape index (κ3) is 1.60. The summed E-state index contributed by atoms with van der Waals surface area (Å²) in [7, 11) is 0. The molecule has 0 saturated carbocycles. The second-order valence-electron chi connectivity index (χ2n) is 6.75. The molecule has 0 saturated heterocycles. The van der Waals surface area contributed by atoms with Crippen molar-refractivity contribution in [3.63, 3.8) is 0 Å². The summed E-state index contributed by atoms with van der Waals surface area (Å²) in [5.41, 5.74) is 7.85. The van der Waals surface area contributed by atoms with E-state index in [0.717, 1.165) is 35.1 Å². The van der Waals surface area contributed by atoms with Crippen LogP contribution in [0.4, 0.5) is 0 Å². The average Bonchev–Trinajstić information content (AvgIpc) is 3.02. The quantitative estimate of drug-likeness (QED) is 0.659. The Hall–Kier alpha value is -2.16. The standard InChI is InChI=1S/C21H18O2/c1-11-6-7-12-10-17-14-4-2-3-5-15(14)20(22)21(23)19(17)16-9-8-13(11)18(12)16/h2-7,10,20-23H,8-9H2,1H3/t20-,21-/m1/s1. The van der Waals surface area contributed by atoms with E-state index in [4.69, 9.17) is 0 Å². The molecule has 2 aliphatic rings. The fraction of sp³-hybridized carbons (Fsp3) is 0.238. The van der Waals surface area contributed by atoms with E-state index < -0.39 is 12.2 Å². The van der Waals surface area contributed by atoms with Crippen molar-refractivity contribution in [3.8, 4) is 11.1 Å². The minimum absolute atomic E-state index is 0.824. The van der Waals surface area contributed by atoms with Crippen molar-refractivity contribution >= 4 is 10.8 Å². The van der Waals surface area contributed by atoms with E-state index in [-0.39, 0.29) is 0 Å². The van der Waals surface area contributed by atoms with E-state index >= 15 is 0 Å². The van der Waals surface area contributed by atoms with E-state index in [1.807, 2.05) is 24.3 Å². The summed E-state index contributed by atoms with van der Waals surface area (Å²) in [5, 5.41) is 23.9. The van der Waals surface area contributed by atoms with E-state index in [0.29, 0.717) is 0 Å². The number of benzene rings is 3. The zero-order valence-corrected chi connectivity index (χ0v) is 13.0. The zero-order valence-electron chi connectivity index (χ0n) is 13.0. The van der Waals surface area contributed by atoms with Gasteiger partial charge < -0.3 is 10.2 Å². The molecule has 2 nitrogen and oxygen atoms in total. The van der Waals surface area contributed by atoms with Gasteiger partial charge in [0.25, 0.3) is 0 Å². The lowest BCUT2D eigenvalue weighted by Crippen LogP contribution is -2.18. The second kappa shape index (κ2) is 4.44. The maximum Gasteiger partial charge on any atom is 0.110 e. The molecule has 0 unspecified atom stereocenters. The Morgan fingerprint density at radius 2 is 1.65 bits per heavy atom. The van der Waals surface area contributed by atoms with Crippen molar-refractivity contribution in [1.29, 1.82) is 0 Å². The Bertz CT molecular complexity index is 971. The summed E-state index contributed by atoms with van der Waals surface area (Å²) in [5.74, 6) is 0. The maximum absolute atomic E-state index is 10.8. The van der Waals surface area contributed by atoms with Gasteiger partial charge in [0, 0.05) is 0 Å². The monoisotopic (exact) mass is 302 g/mol. The minimum atomic E-state index is -0.846. The largest absolute Gasteiger partial charge is 0.385 e. The van der Waals surface area contributed by atoms with Crippen LogP contribution in [0.3, 0.4) is 0 Å². The first-order chi connectivity index (χ1) is 11.2.